The summed E-state index contributed by atoms with van der Waals surface area (Å²) in [6.45, 7) is 7.82. The summed E-state index contributed by atoms with van der Waals surface area (Å²) in [5.74, 6) is 0.236. The average molecular weight is 383 g/mol. The molecule has 0 aromatic heterocycles. The molecule has 0 atom stereocenters. The number of carbonyl (C=O) groups excluding carboxylic acids is 1. The first-order chi connectivity index (χ1) is 13.8. The minimum atomic E-state index is -0.329. The number of esters is 1. The molecule has 4 rings (SSSR count). The third-order valence-corrected chi connectivity index (χ3v) is 5.25. The second-order valence-corrected chi connectivity index (χ2v) is 7.22. The lowest BCUT2D eigenvalue weighted by atomic mass is 10.1. The molecule has 2 aromatic carbocycles. The predicted octanol–water partition coefficient (Wildman–Crippen LogP) is 1.16. The van der Waals surface area contributed by atoms with E-state index in [4.69, 9.17) is 14.2 Å². The van der Waals surface area contributed by atoms with Gasteiger partial charge in [0.05, 0.1) is 32.0 Å². The van der Waals surface area contributed by atoms with Crippen molar-refractivity contribution in [3.63, 3.8) is 0 Å². The number of ether oxygens (including phenoxy) is 3. The molecule has 2 aliphatic heterocycles. The summed E-state index contributed by atoms with van der Waals surface area (Å²) < 4.78 is 16.4. The Morgan fingerprint density at radius 2 is 1.68 bits per heavy atom. The highest BCUT2D eigenvalue weighted by Gasteiger charge is 2.16. The lowest BCUT2D eigenvalue weighted by Gasteiger charge is -2.29. The summed E-state index contributed by atoms with van der Waals surface area (Å²) in [6.07, 6.45) is 0. The Morgan fingerprint density at radius 3 is 2.43 bits per heavy atom. The second kappa shape index (κ2) is 9.19. The van der Waals surface area contributed by atoms with Crippen LogP contribution in [0.4, 0.5) is 5.69 Å². The van der Waals surface area contributed by atoms with E-state index in [9.17, 15) is 4.79 Å². The molecule has 6 nitrogen and oxygen atoms in total. The third-order valence-electron chi connectivity index (χ3n) is 5.25. The number of nitrogens with one attached hydrogen (secondary N) is 1. The van der Waals surface area contributed by atoms with Gasteiger partial charge in [-0.15, -0.1) is 0 Å². The molecule has 0 amide bonds. The van der Waals surface area contributed by atoms with Gasteiger partial charge in [-0.2, -0.15) is 0 Å². The number of nitrogens with zero attached hydrogens (tertiary/aromatic N) is 1. The van der Waals surface area contributed by atoms with Crippen molar-refractivity contribution < 1.29 is 23.9 Å². The van der Waals surface area contributed by atoms with E-state index in [1.54, 1.807) is 0 Å². The number of morpholine rings is 2. The standard InChI is InChI=1S/C22H26N2O4/c25-22(19-6-4-18(5-7-19)17-23-8-12-26-13-9-23)28-21-3-1-2-20(16-21)24-10-14-27-15-11-24/h1-7,16H,8-15,17H2/p+1. The van der Waals surface area contributed by atoms with Crippen LogP contribution in [-0.2, 0) is 16.0 Å². The van der Waals surface area contributed by atoms with Crippen molar-refractivity contribution in [2.24, 2.45) is 0 Å². The molecule has 2 fully saturated rings. The molecule has 0 unspecified atom stereocenters. The van der Waals surface area contributed by atoms with Crippen LogP contribution >= 0.6 is 0 Å². The lowest BCUT2D eigenvalue weighted by molar-refractivity contribution is -0.921. The van der Waals surface area contributed by atoms with Crippen molar-refractivity contribution in [2.75, 3.05) is 57.5 Å². The Labute approximate surface area is 165 Å². The maximum Gasteiger partial charge on any atom is 0.343 e. The van der Waals surface area contributed by atoms with Crippen LogP contribution in [0.5, 0.6) is 5.75 Å². The first-order valence-electron chi connectivity index (χ1n) is 9.93. The van der Waals surface area contributed by atoms with Crippen LogP contribution in [0.3, 0.4) is 0 Å². The predicted molar refractivity (Wildman–Crippen MR) is 106 cm³/mol. The topological polar surface area (TPSA) is 52.4 Å². The van der Waals surface area contributed by atoms with E-state index in [2.05, 4.69) is 4.90 Å². The summed E-state index contributed by atoms with van der Waals surface area (Å²) >= 11 is 0. The molecule has 0 radical (unpaired) electrons. The third kappa shape index (κ3) is 4.90. The van der Waals surface area contributed by atoms with Gasteiger partial charge in [-0.05, 0) is 24.3 Å². The largest absolute Gasteiger partial charge is 0.423 e. The number of quaternary nitrogens is 1. The summed E-state index contributed by atoms with van der Waals surface area (Å²) in [6, 6.07) is 15.4. The van der Waals surface area contributed by atoms with E-state index < -0.39 is 0 Å². The fourth-order valence-electron chi connectivity index (χ4n) is 3.62. The van der Waals surface area contributed by atoms with Crippen molar-refractivity contribution in [1.29, 1.82) is 0 Å². The summed E-state index contributed by atoms with van der Waals surface area (Å²) in [5, 5.41) is 0. The van der Waals surface area contributed by atoms with Crippen molar-refractivity contribution in [3.8, 4) is 5.75 Å². The molecule has 0 aliphatic carbocycles. The minimum Gasteiger partial charge on any atom is -0.423 e. The Kier molecular flexibility index (Phi) is 6.21. The van der Waals surface area contributed by atoms with Crippen LogP contribution in [0, 0.1) is 0 Å². The molecule has 2 saturated heterocycles. The summed E-state index contributed by atoms with van der Waals surface area (Å²) in [7, 11) is 0. The smallest absolute Gasteiger partial charge is 0.343 e. The van der Waals surface area contributed by atoms with E-state index in [0.717, 1.165) is 64.8 Å². The molecule has 0 saturated carbocycles. The van der Waals surface area contributed by atoms with Crippen LogP contribution in [-0.4, -0.2) is 58.6 Å². The number of anilines is 1. The lowest BCUT2D eigenvalue weighted by Crippen LogP contribution is -3.12. The molecule has 28 heavy (non-hydrogen) atoms. The Hall–Kier alpha value is -2.41. The monoisotopic (exact) mass is 383 g/mol. The highest BCUT2D eigenvalue weighted by Crippen LogP contribution is 2.23. The van der Waals surface area contributed by atoms with Gasteiger partial charge in [0.1, 0.15) is 25.4 Å². The molecule has 148 valence electrons. The first-order valence-corrected chi connectivity index (χ1v) is 9.93. The van der Waals surface area contributed by atoms with Gasteiger partial charge in [0.2, 0.25) is 0 Å². The zero-order valence-electron chi connectivity index (χ0n) is 16.1. The molecule has 6 heteroatoms. The van der Waals surface area contributed by atoms with Gasteiger partial charge in [0, 0.05) is 30.4 Å². The van der Waals surface area contributed by atoms with Crippen molar-refractivity contribution in [2.45, 2.75) is 6.54 Å². The van der Waals surface area contributed by atoms with Gasteiger partial charge in [-0.1, -0.05) is 18.2 Å². The fraction of sp³-hybridized carbons (Fsp3) is 0.409. The molecule has 2 aliphatic rings. The van der Waals surface area contributed by atoms with Crippen LogP contribution in [0.15, 0.2) is 48.5 Å². The maximum absolute atomic E-state index is 12.5. The van der Waals surface area contributed by atoms with Crippen LogP contribution in [0.25, 0.3) is 0 Å². The highest BCUT2D eigenvalue weighted by molar-refractivity contribution is 5.91. The summed E-state index contributed by atoms with van der Waals surface area (Å²) in [5.41, 5.74) is 2.85. The van der Waals surface area contributed by atoms with E-state index in [1.165, 1.54) is 10.5 Å². The van der Waals surface area contributed by atoms with Crippen LogP contribution in [0.2, 0.25) is 0 Å². The van der Waals surface area contributed by atoms with Gasteiger partial charge >= 0.3 is 5.97 Å². The van der Waals surface area contributed by atoms with Gasteiger partial charge < -0.3 is 24.0 Å². The molecule has 0 bridgehead atoms. The van der Waals surface area contributed by atoms with E-state index >= 15 is 0 Å². The van der Waals surface area contributed by atoms with Crippen molar-refractivity contribution in [1.82, 2.24) is 0 Å². The van der Waals surface area contributed by atoms with Crippen molar-refractivity contribution >= 4 is 11.7 Å². The average Bonchev–Trinajstić information content (AvgIpc) is 2.76. The molecule has 2 aromatic rings. The Morgan fingerprint density at radius 1 is 0.964 bits per heavy atom. The van der Waals surface area contributed by atoms with Gasteiger partial charge in [-0.3, -0.25) is 0 Å². The number of hydrogen-bond acceptors (Lipinski definition) is 5. The maximum atomic E-state index is 12.5. The Balaban J connectivity index is 1.36. The van der Waals surface area contributed by atoms with E-state index in [0.29, 0.717) is 11.3 Å². The molecular formula is C22H27N2O4+. The van der Waals surface area contributed by atoms with Gasteiger partial charge in [0.25, 0.3) is 0 Å². The van der Waals surface area contributed by atoms with E-state index in [1.807, 2.05) is 48.5 Å². The number of rotatable bonds is 5. The molecule has 0 spiro atoms. The molecule has 2 heterocycles. The SMILES string of the molecule is O=C(Oc1cccc(N2CCOCC2)c1)c1ccc(C[NH+]2CCOCC2)cc1. The zero-order valence-corrected chi connectivity index (χ0v) is 16.1. The zero-order chi connectivity index (χ0) is 19.2. The fourth-order valence-corrected chi connectivity index (χ4v) is 3.62. The second-order valence-electron chi connectivity index (χ2n) is 7.22. The van der Waals surface area contributed by atoms with Crippen molar-refractivity contribution in [3.05, 3.63) is 59.7 Å². The normalized spacial score (nSPS) is 18.1. The van der Waals surface area contributed by atoms with Crippen LogP contribution < -0.4 is 14.5 Å². The number of hydrogen-bond donors (Lipinski definition) is 1. The number of benzene rings is 2. The van der Waals surface area contributed by atoms with Crippen LogP contribution in [0.1, 0.15) is 15.9 Å². The first kappa shape index (κ1) is 18.9. The summed E-state index contributed by atoms with van der Waals surface area (Å²) in [4.78, 5) is 16.3. The quantitative estimate of drug-likeness (QED) is 0.620. The van der Waals surface area contributed by atoms with Gasteiger partial charge in [-0.25, -0.2) is 4.79 Å². The van der Waals surface area contributed by atoms with Gasteiger partial charge in [0.15, 0.2) is 0 Å². The molecule has 1 N–H and O–H groups in total. The van der Waals surface area contributed by atoms with E-state index in [-0.39, 0.29) is 5.97 Å². The highest BCUT2D eigenvalue weighted by atomic mass is 16.5. The molecular weight excluding hydrogens is 356 g/mol. The Bertz CT molecular complexity index is 781. The minimum absolute atomic E-state index is 0.329. The number of carbonyl (C=O) groups is 1.